The number of ketones is 1. The van der Waals surface area contributed by atoms with Gasteiger partial charge in [-0.25, -0.2) is 0 Å². The number of hydrogen-bond acceptors (Lipinski definition) is 3. The average molecular weight is 239 g/mol. The summed E-state index contributed by atoms with van der Waals surface area (Å²) in [6, 6.07) is 1.62. The topological polar surface area (TPSA) is 55.0 Å². The van der Waals surface area contributed by atoms with Crippen molar-refractivity contribution in [3.8, 4) is 5.75 Å². The molecule has 0 unspecified atom stereocenters. The molecule has 2 aromatic rings. The highest BCUT2D eigenvalue weighted by Gasteiger charge is 2.17. The van der Waals surface area contributed by atoms with E-state index in [4.69, 9.17) is 16.3 Å². The number of fused-ring (bicyclic) bond motifs is 1. The number of hydrogen-bond donors (Lipinski definition) is 1. The number of ether oxygens (including phenoxy) is 1. The van der Waals surface area contributed by atoms with E-state index >= 15 is 0 Å². The summed E-state index contributed by atoms with van der Waals surface area (Å²) in [5.74, 6) is 0.408. The number of halogens is 1. The summed E-state index contributed by atoms with van der Waals surface area (Å²) in [6.45, 7) is 3.81. The number of aromatic amines is 1. The molecule has 0 fully saturated rings. The lowest BCUT2D eigenvalue weighted by Gasteiger charge is -2.09. The first kappa shape index (κ1) is 11.0. The number of aromatic nitrogens is 2. The largest absolute Gasteiger partial charge is 0.491 e. The molecule has 1 aromatic carbocycles. The van der Waals surface area contributed by atoms with Gasteiger partial charge in [-0.05, 0) is 19.9 Å². The van der Waals surface area contributed by atoms with Crippen LogP contribution in [0, 0.1) is 0 Å². The van der Waals surface area contributed by atoms with Gasteiger partial charge in [-0.15, -0.1) is 0 Å². The molecule has 0 atom stereocenters. The highest BCUT2D eigenvalue weighted by molar-refractivity contribution is 6.36. The van der Waals surface area contributed by atoms with Crippen molar-refractivity contribution in [1.82, 2.24) is 10.2 Å². The molecule has 16 heavy (non-hydrogen) atoms. The fourth-order valence-corrected chi connectivity index (χ4v) is 1.85. The summed E-state index contributed by atoms with van der Waals surface area (Å²) in [6.07, 6.45) is 1.68. The second kappa shape index (κ2) is 4.14. The zero-order chi connectivity index (χ0) is 11.7. The highest BCUT2D eigenvalue weighted by Crippen LogP contribution is 2.34. The van der Waals surface area contributed by atoms with Gasteiger partial charge in [-0.2, -0.15) is 5.10 Å². The van der Waals surface area contributed by atoms with E-state index in [1.807, 2.05) is 6.92 Å². The van der Waals surface area contributed by atoms with Crippen LogP contribution in [0.4, 0.5) is 0 Å². The monoisotopic (exact) mass is 238 g/mol. The minimum atomic E-state index is -0.0877. The summed E-state index contributed by atoms with van der Waals surface area (Å²) in [4.78, 5) is 11.5. The van der Waals surface area contributed by atoms with E-state index in [2.05, 4.69) is 10.2 Å². The Labute approximate surface area is 97.5 Å². The van der Waals surface area contributed by atoms with Crippen molar-refractivity contribution in [3.63, 3.8) is 0 Å². The molecule has 5 heteroatoms. The zero-order valence-electron chi connectivity index (χ0n) is 9.00. The Morgan fingerprint density at radius 2 is 2.38 bits per heavy atom. The Morgan fingerprint density at radius 1 is 1.62 bits per heavy atom. The van der Waals surface area contributed by atoms with E-state index in [1.165, 1.54) is 6.92 Å². The maximum atomic E-state index is 11.5. The number of benzene rings is 1. The molecule has 84 valence electrons. The SMILES string of the molecule is CCOc1c(C(C)=O)cc(Cl)c2c[nH]nc12. The predicted octanol–water partition coefficient (Wildman–Crippen LogP) is 2.82. The molecule has 1 heterocycles. The van der Waals surface area contributed by atoms with Gasteiger partial charge in [-0.3, -0.25) is 9.89 Å². The van der Waals surface area contributed by atoms with Gasteiger partial charge >= 0.3 is 0 Å². The summed E-state index contributed by atoms with van der Waals surface area (Å²) in [5, 5.41) is 8.03. The predicted molar refractivity (Wildman–Crippen MR) is 62.3 cm³/mol. The summed E-state index contributed by atoms with van der Waals surface area (Å²) in [5.41, 5.74) is 1.06. The minimum absolute atomic E-state index is 0.0877. The van der Waals surface area contributed by atoms with Crippen molar-refractivity contribution in [2.24, 2.45) is 0 Å². The Morgan fingerprint density at radius 3 is 3.00 bits per heavy atom. The number of nitrogens with one attached hydrogen (secondary N) is 1. The molecule has 0 saturated heterocycles. The number of rotatable bonds is 3. The lowest BCUT2D eigenvalue weighted by Crippen LogP contribution is -2.01. The van der Waals surface area contributed by atoms with E-state index in [0.717, 1.165) is 5.39 Å². The summed E-state index contributed by atoms with van der Waals surface area (Å²) >= 11 is 6.05. The van der Waals surface area contributed by atoms with Crippen LogP contribution in [0.1, 0.15) is 24.2 Å². The highest BCUT2D eigenvalue weighted by atomic mass is 35.5. The fraction of sp³-hybridized carbons (Fsp3) is 0.273. The Hall–Kier alpha value is -1.55. The number of H-pyrrole nitrogens is 1. The number of carbonyl (C=O) groups excluding carboxylic acids is 1. The van der Waals surface area contributed by atoms with Gasteiger partial charge in [0, 0.05) is 11.6 Å². The first-order valence-electron chi connectivity index (χ1n) is 4.94. The van der Waals surface area contributed by atoms with Gasteiger partial charge in [0.1, 0.15) is 5.52 Å². The molecule has 0 saturated carbocycles. The van der Waals surface area contributed by atoms with Crippen LogP contribution in [0.5, 0.6) is 5.75 Å². The smallest absolute Gasteiger partial charge is 0.163 e. The van der Waals surface area contributed by atoms with Gasteiger partial charge < -0.3 is 4.74 Å². The van der Waals surface area contributed by atoms with E-state index in [9.17, 15) is 4.79 Å². The molecule has 0 aliphatic carbocycles. The number of carbonyl (C=O) groups is 1. The molecular formula is C11H11ClN2O2. The first-order chi connectivity index (χ1) is 7.65. The molecule has 0 amide bonds. The standard InChI is InChI=1S/C11H11ClN2O2/c1-3-16-11-7(6(2)15)4-9(12)8-5-13-14-10(8)11/h4-5H,3H2,1-2H3,(H,13,14). The normalized spacial score (nSPS) is 10.7. The summed E-state index contributed by atoms with van der Waals surface area (Å²) < 4.78 is 5.46. The molecular weight excluding hydrogens is 228 g/mol. The Balaban J connectivity index is 2.77. The van der Waals surface area contributed by atoms with Crippen molar-refractivity contribution < 1.29 is 9.53 Å². The van der Waals surface area contributed by atoms with E-state index < -0.39 is 0 Å². The third kappa shape index (κ3) is 1.65. The van der Waals surface area contributed by atoms with Crippen LogP contribution in [0.3, 0.4) is 0 Å². The van der Waals surface area contributed by atoms with Crippen LogP contribution in [-0.4, -0.2) is 22.6 Å². The molecule has 0 spiro atoms. The first-order valence-corrected chi connectivity index (χ1v) is 5.32. The third-order valence-corrected chi connectivity index (χ3v) is 2.61. The third-order valence-electron chi connectivity index (χ3n) is 2.30. The Kier molecular flexibility index (Phi) is 2.83. The maximum absolute atomic E-state index is 11.5. The van der Waals surface area contributed by atoms with Gasteiger partial charge in [0.05, 0.1) is 17.2 Å². The van der Waals surface area contributed by atoms with Crippen LogP contribution in [0.25, 0.3) is 10.9 Å². The van der Waals surface area contributed by atoms with E-state index in [1.54, 1.807) is 12.3 Å². The minimum Gasteiger partial charge on any atom is -0.491 e. The molecule has 1 N–H and O–H groups in total. The molecule has 0 aliphatic heterocycles. The Bertz CT molecular complexity index is 548. The fourth-order valence-electron chi connectivity index (χ4n) is 1.59. The van der Waals surface area contributed by atoms with E-state index in [-0.39, 0.29) is 5.78 Å². The van der Waals surface area contributed by atoms with Gasteiger partial charge in [0.25, 0.3) is 0 Å². The van der Waals surface area contributed by atoms with Crippen LogP contribution in [-0.2, 0) is 0 Å². The average Bonchev–Trinajstić information content (AvgIpc) is 2.71. The van der Waals surface area contributed by atoms with Crippen molar-refractivity contribution in [2.75, 3.05) is 6.61 Å². The second-order valence-corrected chi connectivity index (χ2v) is 3.78. The molecule has 2 rings (SSSR count). The number of Topliss-reactive ketones (excluding diaryl/α,β-unsaturated/α-hetero) is 1. The molecule has 0 aliphatic rings. The lowest BCUT2D eigenvalue weighted by atomic mass is 10.1. The van der Waals surface area contributed by atoms with Gasteiger partial charge in [0.2, 0.25) is 0 Å². The maximum Gasteiger partial charge on any atom is 0.163 e. The molecule has 4 nitrogen and oxygen atoms in total. The van der Waals surface area contributed by atoms with Crippen molar-refractivity contribution >= 4 is 28.3 Å². The van der Waals surface area contributed by atoms with Crippen molar-refractivity contribution in [3.05, 3.63) is 22.8 Å². The van der Waals surface area contributed by atoms with Crippen LogP contribution >= 0.6 is 11.6 Å². The quantitative estimate of drug-likeness (QED) is 0.837. The molecule has 1 aromatic heterocycles. The zero-order valence-corrected chi connectivity index (χ0v) is 9.76. The lowest BCUT2D eigenvalue weighted by molar-refractivity contribution is 0.101. The van der Waals surface area contributed by atoms with Crippen LogP contribution < -0.4 is 4.74 Å². The van der Waals surface area contributed by atoms with Crippen LogP contribution in [0.2, 0.25) is 5.02 Å². The number of nitrogens with zero attached hydrogens (tertiary/aromatic N) is 1. The molecule has 0 bridgehead atoms. The van der Waals surface area contributed by atoms with Crippen molar-refractivity contribution in [2.45, 2.75) is 13.8 Å². The van der Waals surface area contributed by atoms with Gasteiger partial charge in [0.15, 0.2) is 11.5 Å². The summed E-state index contributed by atoms with van der Waals surface area (Å²) in [7, 11) is 0. The van der Waals surface area contributed by atoms with Crippen LogP contribution in [0.15, 0.2) is 12.3 Å². The second-order valence-electron chi connectivity index (χ2n) is 3.37. The van der Waals surface area contributed by atoms with E-state index in [0.29, 0.717) is 28.5 Å². The molecule has 0 radical (unpaired) electrons. The van der Waals surface area contributed by atoms with Crippen molar-refractivity contribution in [1.29, 1.82) is 0 Å². The van der Waals surface area contributed by atoms with Gasteiger partial charge in [-0.1, -0.05) is 11.6 Å².